The van der Waals surface area contributed by atoms with Crippen LogP contribution in [0.1, 0.15) is 5.56 Å². The molecule has 0 unspecified atom stereocenters. The average Bonchev–Trinajstić information content (AvgIpc) is 2.37. The summed E-state index contributed by atoms with van der Waals surface area (Å²) < 4.78 is 4.76. The van der Waals surface area contributed by atoms with Crippen LogP contribution in [0.5, 0.6) is 0 Å². The lowest BCUT2D eigenvalue weighted by Crippen LogP contribution is -2.37. The summed E-state index contributed by atoms with van der Waals surface area (Å²) in [6, 6.07) is 3.28. The Bertz CT molecular complexity index is 383. The molecule has 0 radical (unpaired) electrons. The van der Waals surface area contributed by atoms with Crippen LogP contribution in [0.15, 0.2) is 24.5 Å². The number of carboxylic acid groups (broad SMARTS) is 1. The van der Waals surface area contributed by atoms with Crippen molar-refractivity contribution in [3.8, 4) is 0 Å². The third-order valence-corrected chi connectivity index (χ3v) is 1.96. The Morgan fingerprint density at radius 2 is 2.00 bits per heavy atom. The highest BCUT2D eigenvalue weighted by molar-refractivity contribution is 5.73. The van der Waals surface area contributed by atoms with E-state index in [2.05, 4.69) is 15.6 Å². The first-order valence-electron chi connectivity index (χ1n) is 5.38. The molecule has 0 aliphatic rings. The third kappa shape index (κ3) is 6.44. The number of pyridine rings is 1. The van der Waals surface area contributed by atoms with Crippen molar-refractivity contribution in [3.05, 3.63) is 30.1 Å². The molecule has 1 heterocycles. The zero-order valence-electron chi connectivity index (χ0n) is 9.76. The van der Waals surface area contributed by atoms with Crippen molar-refractivity contribution >= 4 is 12.0 Å². The third-order valence-electron chi connectivity index (χ3n) is 1.96. The van der Waals surface area contributed by atoms with Crippen LogP contribution in [0.3, 0.4) is 0 Å². The van der Waals surface area contributed by atoms with Crippen LogP contribution in [0.2, 0.25) is 0 Å². The maximum Gasteiger partial charge on any atom is 0.329 e. The molecule has 0 atom stereocenters. The van der Waals surface area contributed by atoms with E-state index in [1.54, 1.807) is 24.5 Å². The SMILES string of the molecule is O=C(O)COCCNC(=O)NCc1ccncc1. The Morgan fingerprint density at radius 1 is 1.28 bits per heavy atom. The van der Waals surface area contributed by atoms with Crippen LogP contribution in [0.25, 0.3) is 0 Å². The van der Waals surface area contributed by atoms with E-state index in [0.717, 1.165) is 5.56 Å². The molecular formula is C11H15N3O4. The van der Waals surface area contributed by atoms with Crippen LogP contribution >= 0.6 is 0 Å². The van der Waals surface area contributed by atoms with E-state index in [1.165, 1.54) is 0 Å². The normalized spacial score (nSPS) is 9.78. The average molecular weight is 253 g/mol. The van der Waals surface area contributed by atoms with Crippen LogP contribution < -0.4 is 10.6 Å². The van der Waals surface area contributed by atoms with E-state index in [-0.39, 0.29) is 25.8 Å². The Morgan fingerprint density at radius 3 is 2.67 bits per heavy atom. The quantitative estimate of drug-likeness (QED) is 0.593. The Kier molecular flexibility index (Phi) is 6.20. The highest BCUT2D eigenvalue weighted by Gasteiger charge is 2.00. The van der Waals surface area contributed by atoms with Gasteiger partial charge in [0.25, 0.3) is 0 Å². The Hall–Kier alpha value is -2.15. The van der Waals surface area contributed by atoms with Crippen molar-refractivity contribution in [2.24, 2.45) is 0 Å². The molecule has 0 saturated carbocycles. The summed E-state index contributed by atoms with van der Waals surface area (Å²) >= 11 is 0. The highest BCUT2D eigenvalue weighted by Crippen LogP contribution is 1.94. The number of nitrogens with one attached hydrogen (secondary N) is 2. The molecule has 1 rings (SSSR count). The van der Waals surface area contributed by atoms with Gasteiger partial charge >= 0.3 is 12.0 Å². The lowest BCUT2D eigenvalue weighted by molar-refractivity contribution is -0.142. The number of carboxylic acids is 1. The van der Waals surface area contributed by atoms with Gasteiger partial charge in [-0.05, 0) is 17.7 Å². The number of carbonyl (C=O) groups excluding carboxylic acids is 1. The number of aromatic nitrogens is 1. The first-order valence-corrected chi connectivity index (χ1v) is 5.38. The summed E-state index contributed by atoms with van der Waals surface area (Å²) in [6.07, 6.45) is 3.29. The highest BCUT2D eigenvalue weighted by atomic mass is 16.5. The topological polar surface area (TPSA) is 101 Å². The molecule has 2 amide bonds. The van der Waals surface area contributed by atoms with Crippen molar-refractivity contribution in [1.82, 2.24) is 15.6 Å². The Balaban J connectivity index is 2.06. The molecule has 0 aliphatic carbocycles. The van der Waals surface area contributed by atoms with Gasteiger partial charge in [0.2, 0.25) is 0 Å². The summed E-state index contributed by atoms with van der Waals surface area (Å²) in [5.41, 5.74) is 0.947. The minimum atomic E-state index is -1.03. The second kappa shape index (κ2) is 8.02. The van der Waals surface area contributed by atoms with Gasteiger partial charge in [-0.2, -0.15) is 0 Å². The smallest absolute Gasteiger partial charge is 0.329 e. The summed E-state index contributed by atoms with van der Waals surface area (Å²) in [5, 5.41) is 13.5. The number of hydrogen-bond donors (Lipinski definition) is 3. The first-order chi connectivity index (χ1) is 8.68. The fraction of sp³-hybridized carbons (Fsp3) is 0.364. The standard InChI is InChI=1S/C11H15N3O4/c15-10(16)8-18-6-5-13-11(17)14-7-9-1-3-12-4-2-9/h1-4H,5-8H2,(H,15,16)(H2,13,14,17). The maximum absolute atomic E-state index is 11.3. The van der Waals surface area contributed by atoms with E-state index in [0.29, 0.717) is 6.54 Å². The molecule has 0 spiro atoms. The lowest BCUT2D eigenvalue weighted by atomic mass is 10.3. The van der Waals surface area contributed by atoms with Gasteiger partial charge in [-0.3, -0.25) is 4.98 Å². The summed E-state index contributed by atoms with van der Waals surface area (Å²) in [4.78, 5) is 25.3. The van der Waals surface area contributed by atoms with Crippen molar-refractivity contribution in [2.75, 3.05) is 19.8 Å². The predicted octanol–water partition coefficient (Wildman–Crippen LogP) is -0.0180. The molecule has 3 N–H and O–H groups in total. The van der Waals surface area contributed by atoms with Crippen molar-refractivity contribution < 1.29 is 19.4 Å². The number of rotatable bonds is 7. The summed E-state index contributed by atoms with van der Waals surface area (Å²) in [5.74, 6) is -1.03. The van der Waals surface area contributed by atoms with Gasteiger partial charge in [-0.15, -0.1) is 0 Å². The molecule has 0 bridgehead atoms. The number of aliphatic carboxylic acids is 1. The molecule has 7 heteroatoms. The van der Waals surface area contributed by atoms with E-state index < -0.39 is 5.97 Å². The molecule has 0 fully saturated rings. The number of hydrogen-bond acceptors (Lipinski definition) is 4. The molecule has 1 aromatic rings. The molecule has 0 aromatic carbocycles. The molecular weight excluding hydrogens is 238 g/mol. The van der Waals surface area contributed by atoms with E-state index in [4.69, 9.17) is 9.84 Å². The number of urea groups is 1. The minimum absolute atomic E-state index is 0.162. The first kappa shape index (κ1) is 13.9. The molecule has 98 valence electrons. The maximum atomic E-state index is 11.3. The molecule has 0 aliphatic heterocycles. The van der Waals surface area contributed by atoms with E-state index >= 15 is 0 Å². The van der Waals surface area contributed by atoms with Gasteiger partial charge in [0.05, 0.1) is 6.61 Å². The van der Waals surface area contributed by atoms with Crippen LogP contribution in [0.4, 0.5) is 4.79 Å². The molecule has 7 nitrogen and oxygen atoms in total. The largest absolute Gasteiger partial charge is 0.480 e. The monoisotopic (exact) mass is 253 g/mol. The van der Waals surface area contributed by atoms with E-state index in [9.17, 15) is 9.59 Å². The number of ether oxygens (including phenoxy) is 1. The van der Waals surface area contributed by atoms with Gasteiger partial charge in [-0.1, -0.05) is 0 Å². The van der Waals surface area contributed by atoms with Crippen molar-refractivity contribution in [1.29, 1.82) is 0 Å². The molecule has 18 heavy (non-hydrogen) atoms. The number of nitrogens with zero attached hydrogens (tertiary/aromatic N) is 1. The molecule has 1 aromatic heterocycles. The van der Waals surface area contributed by atoms with Gasteiger partial charge < -0.3 is 20.5 Å². The number of carbonyl (C=O) groups is 2. The van der Waals surface area contributed by atoms with Crippen LogP contribution in [-0.4, -0.2) is 41.8 Å². The molecule has 0 saturated heterocycles. The summed E-state index contributed by atoms with van der Waals surface area (Å²) in [7, 11) is 0. The van der Waals surface area contributed by atoms with Crippen molar-refractivity contribution in [3.63, 3.8) is 0 Å². The fourth-order valence-corrected chi connectivity index (χ4v) is 1.14. The fourth-order valence-electron chi connectivity index (χ4n) is 1.14. The van der Waals surface area contributed by atoms with Crippen LogP contribution in [0, 0.1) is 0 Å². The van der Waals surface area contributed by atoms with Crippen LogP contribution in [-0.2, 0) is 16.1 Å². The van der Waals surface area contributed by atoms with Gasteiger partial charge in [0.1, 0.15) is 6.61 Å². The van der Waals surface area contributed by atoms with Gasteiger partial charge in [0, 0.05) is 25.5 Å². The second-order valence-electron chi connectivity index (χ2n) is 3.41. The lowest BCUT2D eigenvalue weighted by Gasteiger charge is -2.07. The predicted molar refractivity (Wildman–Crippen MR) is 62.9 cm³/mol. The van der Waals surface area contributed by atoms with Crippen molar-refractivity contribution in [2.45, 2.75) is 6.54 Å². The second-order valence-corrected chi connectivity index (χ2v) is 3.41. The van der Waals surface area contributed by atoms with Gasteiger partial charge in [0.15, 0.2) is 0 Å². The Labute approximate surface area is 104 Å². The summed E-state index contributed by atoms with van der Waals surface area (Å²) in [6.45, 7) is 0.467. The zero-order chi connectivity index (χ0) is 13.2. The number of amides is 2. The zero-order valence-corrected chi connectivity index (χ0v) is 9.76. The van der Waals surface area contributed by atoms with Gasteiger partial charge in [-0.25, -0.2) is 9.59 Å². The van der Waals surface area contributed by atoms with E-state index in [1.807, 2.05) is 0 Å². The minimum Gasteiger partial charge on any atom is -0.480 e.